The Morgan fingerprint density at radius 1 is 1.04 bits per heavy atom. The molecule has 0 aliphatic rings. The maximum atomic E-state index is 12.8. The lowest BCUT2D eigenvalue weighted by Crippen LogP contribution is -2.21. The normalized spacial score (nSPS) is 11.4. The minimum Gasteiger partial charge on any atom is -0.311 e. The monoisotopic (exact) mass is 316 g/mol. The van der Waals surface area contributed by atoms with Gasteiger partial charge in [0.2, 0.25) is 0 Å². The first kappa shape index (κ1) is 16.0. The van der Waals surface area contributed by atoms with Crippen LogP contribution in [0.1, 0.15) is 37.5 Å². The maximum absolute atomic E-state index is 12.8. The molecule has 0 fully saturated rings. The van der Waals surface area contributed by atoms with E-state index >= 15 is 0 Å². The van der Waals surface area contributed by atoms with E-state index in [2.05, 4.69) is 32.9 Å². The molecule has 24 heavy (non-hydrogen) atoms. The molecule has 0 bridgehead atoms. The summed E-state index contributed by atoms with van der Waals surface area (Å²) in [5.74, 6) is 0. The first-order valence-electron chi connectivity index (χ1n) is 8.01. The second kappa shape index (κ2) is 5.98. The van der Waals surface area contributed by atoms with Gasteiger partial charge in [-0.2, -0.15) is 5.26 Å². The van der Waals surface area contributed by atoms with Crippen LogP contribution in [0.4, 0.5) is 0 Å². The van der Waals surface area contributed by atoms with Crippen molar-refractivity contribution in [2.75, 3.05) is 0 Å². The van der Waals surface area contributed by atoms with Gasteiger partial charge in [-0.1, -0.05) is 45.0 Å². The van der Waals surface area contributed by atoms with Crippen LogP contribution in [0.2, 0.25) is 0 Å². The Balaban J connectivity index is 2.04. The smallest absolute Gasteiger partial charge is 0.258 e. The van der Waals surface area contributed by atoms with Gasteiger partial charge < -0.3 is 4.57 Å². The fourth-order valence-corrected chi connectivity index (χ4v) is 2.75. The minimum absolute atomic E-state index is 0.00836. The largest absolute Gasteiger partial charge is 0.311 e. The molecule has 0 aliphatic heterocycles. The van der Waals surface area contributed by atoms with Crippen LogP contribution in [-0.4, -0.2) is 4.57 Å². The van der Waals surface area contributed by atoms with E-state index in [9.17, 15) is 4.79 Å². The fourth-order valence-electron chi connectivity index (χ4n) is 2.75. The Morgan fingerprint density at radius 2 is 1.75 bits per heavy atom. The zero-order valence-electron chi connectivity index (χ0n) is 14.2. The van der Waals surface area contributed by atoms with E-state index in [4.69, 9.17) is 5.26 Å². The topological polar surface area (TPSA) is 45.8 Å². The molecule has 0 atom stereocenters. The lowest BCUT2D eigenvalue weighted by Gasteiger charge is -2.19. The van der Waals surface area contributed by atoms with Crippen molar-refractivity contribution in [1.82, 2.24) is 4.57 Å². The van der Waals surface area contributed by atoms with Crippen LogP contribution in [0.3, 0.4) is 0 Å². The average Bonchev–Trinajstić information content (AvgIpc) is 2.57. The Labute approximate surface area is 141 Å². The Morgan fingerprint density at radius 3 is 2.38 bits per heavy atom. The first-order chi connectivity index (χ1) is 11.4. The van der Waals surface area contributed by atoms with Crippen LogP contribution in [0, 0.1) is 11.3 Å². The van der Waals surface area contributed by atoms with E-state index in [0.717, 1.165) is 21.9 Å². The molecule has 120 valence electrons. The highest BCUT2D eigenvalue weighted by Gasteiger charge is 2.15. The predicted molar refractivity (Wildman–Crippen MR) is 97.2 cm³/mol. The van der Waals surface area contributed by atoms with Gasteiger partial charge in [0, 0.05) is 11.6 Å². The highest BCUT2D eigenvalue weighted by atomic mass is 16.1. The molecule has 1 heterocycles. The van der Waals surface area contributed by atoms with E-state index in [1.165, 1.54) is 0 Å². The summed E-state index contributed by atoms with van der Waals surface area (Å²) < 4.78 is 1.72. The van der Waals surface area contributed by atoms with Crippen molar-refractivity contribution in [2.24, 2.45) is 0 Å². The van der Waals surface area contributed by atoms with Crippen LogP contribution in [0.25, 0.3) is 10.8 Å². The fraction of sp³-hybridized carbons (Fsp3) is 0.238. The average molecular weight is 316 g/mol. The number of fused-ring (bicyclic) bond motifs is 1. The molecule has 0 spiro atoms. The summed E-state index contributed by atoms with van der Waals surface area (Å²) in [6.07, 6.45) is 1.83. The number of benzene rings is 2. The number of nitrogens with zero attached hydrogens (tertiary/aromatic N) is 2. The van der Waals surface area contributed by atoms with Crippen molar-refractivity contribution in [2.45, 2.75) is 32.7 Å². The standard InChI is InChI=1S/C21H20N2O/c1-21(2,3)18-9-8-17-10-11-23(20(24)19(17)12-18)14-16-6-4-15(13-22)5-7-16/h4-12H,14H2,1-3H3. The van der Waals surface area contributed by atoms with E-state index in [1.807, 2.05) is 36.5 Å². The van der Waals surface area contributed by atoms with Gasteiger partial charge >= 0.3 is 0 Å². The summed E-state index contributed by atoms with van der Waals surface area (Å²) in [6, 6.07) is 17.5. The summed E-state index contributed by atoms with van der Waals surface area (Å²) in [5, 5.41) is 10.6. The maximum Gasteiger partial charge on any atom is 0.258 e. The third kappa shape index (κ3) is 3.09. The quantitative estimate of drug-likeness (QED) is 0.710. The second-order valence-electron chi connectivity index (χ2n) is 7.11. The zero-order valence-corrected chi connectivity index (χ0v) is 14.2. The molecule has 0 aliphatic carbocycles. The van der Waals surface area contributed by atoms with Gasteiger partial charge in [-0.15, -0.1) is 0 Å². The third-order valence-corrected chi connectivity index (χ3v) is 4.28. The molecule has 0 N–H and O–H groups in total. The molecular formula is C21H20N2O. The molecule has 0 unspecified atom stereocenters. The molecule has 3 nitrogen and oxygen atoms in total. The summed E-state index contributed by atoms with van der Waals surface area (Å²) in [6.45, 7) is 6.94. The summed E-state index contributed by atoms with van der Waals surface area (Å²) in [5.41, 5.74) is 2.81. The molecule has 0 saturated heterocycles. The Bertz CT molecular complexity index is 983. The van der Waals surface area contributed by atoms with Crippen LogP contribution in [0.15, 0.2) is 59.5 Å². The van der Waals surface area contributed by atoms with Crippen molar-refractivity contribution >= 4 is 10.8 Å². The number of hydrogen-bond donors (Lipinski definition) is 0. The Kier molecular flexibility index (Phi) is 3.99. The first-order valence-corrected chi connectivity index (χ1v) is 8.01. The number of aromatic nitrogens is 1. The highest BCUT2D eigenvalue weighted by Crippen LogP contribution is 2.24. The van der Waals surface area contributed by atoms with Crippen molar-refractivity contribution in [1.29, 1.82) is 5.26 Å². The van der Waals surface area contributed by atoms with Crippen molar-refractivity contribution in [3.05, 3.63) is 81.8 Å². The van der Waals surface area contributed by atoms with Crippen LogP contribution >= 0.6 is 0 Å². The van der Waals surface area contributed by atoms with Gasteiger partial charge in [-0.05, 0) is 46.2 Å². The lowest BCUT2D eigenvalue weighted by atomic mass is 9.86. The zero-order chi connectivity index (χ0) is 17.3. The van der Waals surface area contributed by atoms with E-state index < -0.39 is 0 Å². The number of hydrogen-bond acceptors (Lipinski definition) is 2. The molecule has 2 aromatic carbocycles. The van der Waals surface area contributed by atoms with Gasteiger partial charge in [-0.3, -0.25) is 4.79 Å². The molecule has 0 saturated carbocycles. The molecule has 3 heteroatoms. The SMILES string of the molecule is CC(C)(C)c1ccc2ccn(Cc3ccc(C#N)cc3)c(=O)c2c1. The highest BCUT2D eigenvalue weighted by molar-refractivity contribution is 5.82. The molecule has 0 amide bonds. The van der Waals surface area contributed by atoms with Crippen molar-refractivity contribution < 1.29 is 0 Å². The van der Waals surface area contributed by atoms with Crippen molar-refractivity contribution in [3.63, 3.8) is 0 Å². The minimum atomic E-state index is 0.00836. The number of nitriles is 1. The van der Waals surface area contributed by atoms with Crippen LogP contribution in [-0.2, 0) is 12.0 Å². The third-order valence-electron chi connectivity index (χ3n) is 4.28. The van der Waals surface area contributed by atoms with E-state index in [-0.39, 0.29) is 11.0 Å². The molecular weight excluding hydrogens is 296 g/mol. The summed E-state index contributed by atoms with van der Waals surface area (Å²) in [7, 11) is 0. The van der Waals surface area contributed by atoms with E-state index in [1.54, 1.807) is 16.7 Å². The number of rotatable bonds is 2. The van der Waals surface area contributed by atoms with Crippen molar-refractivity contribution in [3.8, 4) is 6.07 Å². The molecule has 0 radical (unpaired) electrons. The second-order valence-corrected chi connectivity index (χ2v) is 7.11. The predicted octanol–water partition coefficient (Wildman–Crippen LogP) is 4.22. The van der Waals surface area contributed by atoms with Gasteiger partial charge in [0.15, 0.2) is 0 Å². The van der Waals surface area contributed by atoms with Gasteiger partial charge in [0.25, 0.3) is 5.56 Å². The molecule has 3 rings (SSSR count). The van der Waals surface area contributed by atoms with Crippen LogP contribution < -0.4 is 5.56 Å². The van der Waals surface area contributed by atoms with Gasteiger partial charge in [0.05, 0.1) is 18.2 Å². The van der Waals surface area contributed by atoms with Gasteiger partial charge in [0.1, 0.15) is 0 Å². The molecule has 3 aromatic rings. The van der Waals surface area contributed by atoms with Crippen LogP contribution in [0.5, 0.6) is 0 Å². The Hall–Kier alpha value is -2.86. The lowest BCUT2D eigenvalue weighted by molar-refractivity contribution is 0.591. The van der Waals surface area contributed by atoms with E-state index in [0.29, 0.717) is 12.1 Å². The summed E-state index contributed by atoms with van der Waals surface area (Å²) >= 11 is 0. The number of pyridine rings is 1. The van der Waals surface area contributed by atoms with Gasteiger partial charge in [-0.25, -0.2) is 0 Å². The summed E-state index contributed by atoms with van der Waals surface area (Å²) in [4.78, 5) is 12.8. The molecule has 1 aromatic heterocycles.